The van der Waals surface area contributed by atoms with Gasteiger partial charge in [-0.2, -0.15) is 0 Å². The molecular formula is C15H11ClOS. The maximum absolute atomic E-state index is 5.92. The summed E-state index contributed by atoms with van der Waals surface area (Å²) in [6.45, 7) is 4.56. The molecule has 0 spiro atoms. The fourth-order valence-electron chi connectivity index (χ4n) is 2.06. The highest BCUT2D eigenvalue weighted by atomic mass is 35.5. The Bertz CT molecular complexity index is 608. The summed E-state index contributed by atoms with van der Waals surface area (Å²) in [5, 5.41) is 2.81. The van der Waals surface area contributed by atoms with E-state index >= 15 is 0 Å². The summed E-state index contributed by atoms with van der Waals surface area (Å²) in [7, 11) is 0. The first kappa shape index (κ1) is 11.6. The van der Waals surface area contributed by atoms with Gasteiger partial charge in [0.15, 0.2) is 0 Å². The van der Waals surface area contributed by atoms with E-state index in [9.17, 15) is 0 Å². The quantitative estimate of drug-likeness (QED) is 0.760. The van der Waals surface area contributed by atoms with E-state index < -0.39 is 0 Å². The van der Waals surface area contributed by atoms with Crippen LogP contribution in [-0.4, -0.2) is 6.61 Å². The average Bonchev–Trinajstić information content (AvgIpc) is 2.99. The van der Waals surface area contributed by atoms with Crippen molar-refractivity contribution in [2.75, 3.05) is 6.61 Å². The van der Waals surface area contributed by atoms with Crippen LogP contribution in [0.4, 0.5) is 0 Å². The predicted molar refractivity (Wildman–Crippen MR) is 77.7 cm³/mol. The number of halogens is 1. The molecule has 0 unspecified atom stereocenters. The van der Waals surface area contributed by atoms with Crippen molar-refractivity contribution in [1.82, 2.24) is 0 Å². The Kier molecular flexibility index (Phi) is 2.98. The van der Waals surface area contributed by atoms with Crippen LogP contribution in [0.2, 0.25) is 5.02 Å². The molecule has 0 saturated carbocycles. The van der Waals surface area contributed by atoms with Crippen molar-refractivity contribution in [3.63, 3.8) is 0 Å². The van der Waals surface area contributed by atoms with Crippen molar-refractivity contribution in [2.24, 2.45) is 0 Å². The average molecular weight is 275 g/mol. The molecule has 3 heteroatoms. The van der Waals surface area contributed by atoms with Gasteiger partial charge in [0, 0.05) is 21.0 Å². The van der Waals surface area contributed by atoms with Gasteiger partial charge in [-0.05, 0) is 29.1 Å². The molecule has 1 aromatic carbocycles. The van der Waals surface area contributed by atoms with E-state index in [0.717, 1.165) is 21.9 Å². The van der Waals surface area contributed by atoms with Crippen LogP contribution in [0.25, 0.3) is 11.1 Å². The van der Waals surface area contributed by atoms with E-state index in [1.807, 2.05) is 30.3 Å². The lowest BCUT2D eigenvalue weighted by Gasteiger charge is -2.04. The van der Waals surface area contributed by atoms with Crippen LogP contribution in [0.5, 0.6) is 0 Å². The van der Waals surface area contributed by atoms with Gasteiger partial charge in [-0.15, -0.1) is 11.3 Å². The Hall–Kier alpha value is -1.51. The summed E-state index contributed by atoms with van der Waals surface area (Å²) in [6.07, 6.45) is 0. The zero-order chi connectivity index (χ0) is 12.5. The second-order valence-electron chi connectivity index (χ2n) is 4.05. The molecule has 0 aliphatic carbocycles. The Balaban J connectivity index is 2.13. The van der Waals surface area contributed by atoms with Crippen LogP contribution in [0.3, 0.4) is 0 Å². The van der Waals surface area contributed by atoms with Crippen LogP contribution in [0.1, 0.15) is 10.4 Å². The summed E-state index contributed by atoms with van der Waals surface area (Å²) in [4.78, 5) is 1.20. The molecule has 0 atom stereocenters. The van der Waals surface area contributed by atoms with Crippen LogP contribution >= 0.6 is 22.9 Å². The molecule has 2 aromatic rings. The third kappa shape index (κ3) is 1.98. The second-order valence-corrected chi connectivity index (χ2v) is 5.43. The summed E-state index contributed by atoms with van der Waals surface area (Å²) < 4.78 is 5.59. The fourth-order valence-corrected chi connectivity index (χ4v) is 3.00. The highest BCUT2D eigenvalue weighted by molar-refractivity contribution is 7.11. The smallest absolute Gasteiger partial charge is 0.121 e. The van der Waals surface area contributed by atoms with Crippen molar-refractivity contribution in [3.05, 3.63) is 69.6 Å². The third-order valence-corrected chi connectivity index (χ3v) is 4.07. The van der Waals surface area contributed by atoms with Gasteiger partial charge in [-0.25, -0.2) is 0 Å². The minimum absolute atomic E-state index is 0.577. The summed E-state index contributed by atoms with van der Waals surface area (Å²) in [6, 6.07) is 12.0. The van der Waals surface area contributed by atoms with Gasteiger partial charge < -0.3 is 4.74 Å². The lowest BCUT2D eigenvalue weighted by molar-refractivity contribution is 0.286. The van der Waals surface area contributed by atoms with Crippen molar-refractivity contribution < 1.29 is 4.74 Å². The van der Waals surface area contributed by atoms with Crippen LogP contribution < -0.4 is 0 Å². The lowest BCUT2D eigenvalue weighted by atomic mass is 10.0. The largest absolute Gasteiger partial charge is 0.489 e. The van der Waals surface area contributed by atoms with E-state index in [4.69, 9.17) is 16.3 Å². The number of hydrogen-bond acceptors (Lipinski definition) is 2. The van der Waals surface area contributed by atoms with Gasteiger partial charge in [0.1, 0.15) is 12.4 Å². The second kappa shape index (κ2) is 4.63. The number of benzene rings is 1. The number of ether oxygens (including phenoxy) is 1. The van der Waals surface area contributed by atoms with Gasteiger partial charge in [0.05, 0.1) is 0 Å². The molecule has 0 N–H and O–H groups in total. The predicted octanol–water partition coefficient (Wildman–Crippen LogP) is 4.86. The van der Waals surface area contributed by atoms with E-state index in [1.165, 1.54) is 10.5 Å². The molecule has 1 nitrogen and oxygen atoms in total. The summed E-state index contributed by atoms with van der Waals surface area (Å²) in [5.41, 5.74) is 3.44. The monoisotopic (exact) mass is 274 g/mol. The van der Waals surface area contributed by atoms with E-state index in [2.05, 4.69) is 18.0 Å². The first-order chi connectivity index (χ1) is 8.75. The molecule has 18 heavy (non-hydrogen) atoms. The van der Waals surface area contributed by atoms with Crippen molar-refractivity contribution >= 4 is 34.1 Å². The molecular weight excluding hydrogens is 264 g/mol. The molecule has 0 radical (unpaired) electrons. The molecule has 0 saturated heterocycles. The number of rotatable bonds is 2. The highest BCUT2D eigenvalue weighted by Crippen LogP contribution is 2.39. The van der Waals surface area contributed by atoms with Gasteiger partial charge in [-0.1, -0.05) is 36.4 Å². The van der Waals surface area contributed by atoms with Crippen LogP contribution in [0.15, 0.2) is 54.1 Å². The Morgan fingerprint density at radius 2 is 1.94 bits per heavy atom. The van der Waals surface area contributed by atoms with Gasteiger partial charge in [0.25, 0.3) is 0 Å². The lowest BCUT2D eigenvalue weighted by Crippen LogP contribution is -1.87. The maximum atomic E-state index is 5.92. The number of hydrogen-bond donors (Lipinski definition) is 0. The Morgan fingerprint density at radius 1 is 1.17 bits per heavy atom. The summed E-state index contributed by atoms with van der Waals surface area (Å²) >= 11 is 7.62. The maximum Gasteiger partial charge on any atom is 0.121 e. The van der Waals surface area contributed by atoms with Gasteiger partial charge in [-0.3, -0.25) is 0 Å². The topological polar surface area (TPSA) is 9.23 Å². The van der Waals surface area contributed by atoms with Crippen LogP contribution in [-0.2, 0) is 4.74 Å². The van der Waals surface area contributed by atoms with Crippen molar-refractivity contribution in [2.45, 2.75) is 0 Å². The van der Waals surface area contributed by atoms with E-state index in [-0.39, 0.29) is 0 Å². The zero-order valence-electron chi connectivity index (χ0n) is 9.65. The van der Waals surface area contributed by atoms with Crippen molar-refractivity contribution in [1.29, 1.82) is 0 Å². The van der Waals surface area contributed by atoms with Crippen molar-refractivity contribution in [3.8, 4) is 0 Å². The molecule has 0 amide bonds. The molecule has 3 rings (SSSR count). The summed E-state index contributed by atoms with van der Waals surface area (Å²) in [5.74, 6) is 0.752. The fraction of sp³-hybridized carbons (Fsp3) is 0.0667. The third-order valence-electron chi connectivity index (χ3n) is 2.93. The Morgan fingerprint density at radius 3 is 2.61 bits per heavy atom. The first-order valence-corrected chi connectivity index (χ1v) is 6.86. The Labute approximate surface area is 115 Å². The standard InChI is InChI=1S/C15H11ClOS/c1-10-15(14-3-2-8-18-14)13(9-17-10)11-4-6-12(16)7-5-11/h2-8H,1,9H2. The number of allylic oxidation sites excluding steroid dienone is 1. The van der Waals surface area contributed by atoms with E-state index in [1.54, 1.807) is 11.3 Å². The normalized spacial score (nSPS) is 15.1. The molecule has 0 fully saturated rings. The van der Waals surface area contributed by atoms with Gasteiger partial charge in [0.2, 0.25) is 0 Å². The highest BCUT2D eigenvalue weighted by Gasteiger charge is 2.23. The molecule has 0 bridgehead atoms. The first-order valence-electron chi connectivity index (χ1n) is 5.61. The van der Waals surface area contributed by atoms with Crippen LogP contribution in [0, 0.1) is 0 Å². The van der Waals surface area contributed by atoms with E-state index in [0.29, 0.717) is 6.61 Å². The number of thiophene rings is 1. The SMILES string of the molecule is C=C1OCC(c2ccc(Cl)cc2)=C1c1cccs1. The minimum atomic E-state index is 0.577. The zero-order valence-corrected chi connectivity index (χ0v) is 11.2. The molecule has 1 aromatic heterocycles. The molecule has 1 aliphatic rings. The molecule has 1 aliphatic heterocycles. The molecule has 2 heterocycles. The van der Waals surface area contributed by atoms with Gasteiger partial charge >= 0.3 is 0 Å². The molecule has 90 valence electrons. The minimum Gasteiger partial charge on any atom is -0.489 e.